The Balaban J connectivity index is 1.94. The number of hydrogen-bond acceptors (Lipinski definition) is 3. The van der Waals surface area contributed by atoms with Gasteiger partial charge in [0.25, 0.3) is 0 Å². The molecule has 6 heteroatoms. The van der Waals surface area contributed by atoms with Crippen molar-refractivity contribution < 1.29 is 13.2 Å². The van der Waals surface area contributed by atoms with Crippen LogP contribution in [0.15, 0.2) is 24.3 Å². The molecular formula is C18H28N2O3S. The zero-order valence-electron chi connectivity index (χ0n) is 14.6. The van der Waals surface area contributed by atoms with Crippen molar-refractivity contribution in [2.75, 3.05) is 18.1 Å². The fourth-order valence-electron chi connectivity index (χ4n) is 3.24. The number of sulfonamides is 1. The maximum absolute atomic E-state index is 12.1. The van der Waals surface area contributed by atoms with Crippen LogP contribution in [0.4, 0.5) is 5.69 Å². The van der Waals surface area contributed by atoms with E-state index < -0.39 is 10.0 Å². The highest BCUT2D eigenvalue weighted by molar-refractivity contribution is 7.88. The summed E-state index contributed by atoms with van der Waals surface area (Å²) in [6.07, 6.45) is 7.68. The Kier molecular flexibility index (Phi) is 6.80. The lowest BCUT2D eigenvalue weighted by Gasteiger charge is -2.28. The van der Waals surface area contributed by atoms with Gasteiger partial charge in [-0.1, -0.05) is 43.4 Å². The van der Waals surface area contributed by atoms with Gasteiger partial charge in [0.05, 0.1) is 6.26 Å². The Morgan fingerprint density at radius 3 is 2.25 bits per heavy atom. The van der Waals surface area contributed by atoms with Crippen LogP contribution >= 0.6 is 0 Å². The third-order valence-electron chi connectivity index (χ3n) is 4.55. The molecule has 1 aliphatic carbocycles. The molecule has 0 bridgehead atoms. The summed E-state index contributed by atoms with van der Waals surface area (Å²) in [5, 5.41) is 2.83. The van der Waals surface area contributed by atoms with Crippen LogP contribution in [-0.4, -0.2) is 37.5 Å². The van der Waals surface area contributed by atoms with Crippen LogP contribution in [0.3, 0.4) is 0 Å². The molecule has 5 nitrogen and oxygen atoms in total. The lowest BCUT2D eigenvalue weighted by atomic mass is 10.1. The van der Waals surface area contributed by atoms with E-state index in [9.17, 15) is 13.2 Å². The van der Waals surface area contributed by atoms with Crippen molar-refractivity contribution in [1.82, 2.24) is 4.31 Å². The zero-order valence-corrected chi connectivity index (χ0v) is 15.4. The number of amides is 1. The maximum Gasteiger partial charge on any atom is 0.225 e. The number of carbonyl (C=O) groups is 1. The normalized spacial score (nSPS) is 16.8. The van der Waals surface area contributed by atoms with Crippen molar-refractivity contribution in [3.05, 3.63) is 29.8 Å². The quantitative estimate of drug-likeness (QED) is 0.799. The third kappa shape index (κ3) is 5.91. The van der Waals surface area contributed by atoms with Crippen LogP contribution in [0.5, 0.6) is 0 Å². The maximum atomic E-state index is 12.1. The highest BCUT2D eigenvalue weighted by Gasteiger charge is 2.27. The molecule has 0 spiro atoms. The van der Waals surface area contributed by atoms with Crippen molar-refractivity contribution in [3.8, 4) is 0 Å². The second-order valence-corrected chi connectivity index (χ2v) is 8.62. The molecule has 1 aromatic carbocycles. The summed E-state index contributed by atoms with van der Waals surface area (Å²) < 4.78 is 25.8. The van der Waals surface area contributed by atoms with E-state index in [0.29, 0.717) is 0 Å². The van der Waals surface area contributed by atoms with Gasteiger partial charge in [-0.2, -0.15) is 4.31 Å². The molecule has 24 heavy (non-hydrogen) atoms. The minimum atomic E-state index is -3.30. The molecule has 0 atom stereocenters. The predicted octanol–water partition coefficient (Wildman–Crippen LogP) is 3.31. The van der Waals surface area contributed by atoms with E-state index in [4.69, 9.17) is 0 Å². The fourth-order valence-corrected chi connectivity index (χ4v) is 4.41. The van der Waals surface area contributed by atoms with Gasteiger partial charge in [0.15, 0.2) is 0 Å². The van der Waals surface area contributed by atoms with Gasteiger partial charge < -0.3 is 5.32 Å². The molecule has 1 amide bonds. The van der Waals surface area contributed by atoms with Gasteiger partial charge in [0, 0.05) is 24.7 Å². The lowest BCUT2D eigenvalue weighted by molar-refractivity contribution is -0.116. The first-order valence-corrected chi connectivity index (χ1v) is 10.5. The molecule has 0 aliphatic heterocycles. The average Bonchev–Trinajstić information content (AvgIpc) is 2.78. The van der Waals surface area contributed by atoms with E-state index in [2.05, 4.69) is 5.32 Å². The van der Waals surface area contributed by atoms with Crippen LogP contribution in [0, 0.1) is 6.92 Å². The second kappa shape index (κ2) is 8.62. The summed E-state index contributed by atoms with van der Waals surface area (Å²) in [5.74, 6) is -0.152. The lowest BCUT2D eigenvalue weighted by Crippen LogP contribution is -2.41. The average molecular weight is 352 g/mol. The molecule has 1 saturated carbocycles. The van der Waals surface area contributed by atoms with Crippen molar-refractivity contribution >= 4 is 21.6 Å². The number of rotatable bonds is 6. The van der Waals surface area contributed by atoms with Crippen LogP contribution in [0.2, 0.25) is 0 Å². The highest BCUT2D eigenvalue weighted by atomic mass is 32.2. The molecule has 0 unspecified atom stereocenters. The first kappa shape index (κ1) is 18.9. The molecule has 0 radical (unpaired) electrons. The molecule has 2 rings (SSSR count). The molecule has 1 N–H and O–H groups in total. The first-order valence-electron chi connectivity index (χ1n) is 8.69. The summed E-state index contributed by atoms with van der Waals surface area (Å²) in [7, 11) is -3.30. The van der Waals surface area contributed by atoms with Crippen molar-refractivity contribution in [3.63, 3.8) is 0 Å². The van der Waals surface area contributed by atoms with Gasteiger partial charge in [-0.3, -0.25) is 4.79 Å². The number of hydrogen-bond donors (Lipinski definition) is 1. The molecule has 134 valence electrons. The summed E-state index contributed by atoms with van der Waals surface area (Å²) in [4.78, 5) is 12.1. The largest absolute Gasteiger partial charge is 0.326 e. The number of anilines is 1. The molecule has 0 heterocycles. The van der Waals surface area contributed by atoms with Crippen LogP contribution in [0.25, 0.3) is 0 Å². The van der Waals surface area contributed by atoms with Gasteiger partial charge in [-0.15, -0.1) is 0 Å². The van der Waals surface area contributed by atoms with Gasteiger partial charge in [-0.05, 0) is 31.9 Å². The van der Waals surface area contributed by atoms with Crippen molar-refractivity contribution in [1.29, 1.82) is 0 Å². The highest BCUT2D eigenvalue weighted by Crippen LogP contribution is 2.24. The Bertz CT molecular complexity index is 633. The molecule has 1 aromatic rings. The minimum Gasteiger partial charge on any atom is -0.326 e. The van der Waals surface area contributed by atoms with Crippen molar-refractivity contribution in [2.24, 2.45) is 0 Å². The SMILES string of the molecule is Cc1ccc(NC(=O)CCN(C2CCCCCC2)S(C)(=O)=O)cc1. The summed E-state index contributed by atoms with van der Waals surface area (Å²) >= 11 is 0. The Hall–Kier alpha value is -1.40. The second-order valence-electron chi connectivity index (χ2n) is 6.68. The molecular weight excluding hydrogens is 324 g/mol. The topological polar surface area (TPSA) is 66.5 Å². The standard InChI is InChI=1S/C18H28N2O3S/c1-15-9-11-16(12-10-15)19-18(21)13-14-20(24(2,22)23)17-7-5-3-4-6-8-17/h9-12,17H,3-8,13-14H2,1-2H3,(H,19,21). The monoisotopic (exact) mass is 352 g/mol. The summed E-state index contributed by atoms with van der Waals surface area (Å²) in [6, 6.07) is 7.61. The van der Waals surface area contributed by atoms with E-state index in [1.165, 1.54) is 23.4 Å². The van der Waals surface area contributed by atoms with Gasteiger partial charge >= 0.3 is 0 Å². The molecule has 1 fully saturated rings. The van der Waals surface area contributed by atoms with E-state index in [1.807, 2.05) is 31.2 Å². The van der Waals surface area contributed by atoms with Gasteiger partial charge in [0.2, 0.25) is 15.9 Å². The number of nitrogens with one attached hydrogen (secondary N) is 1. The van der Waals surface area contributed by atoms with Crippen molar-refractivity contribution in [2.45, 2.75) is 57.9 Å². The van der Waals surface area contributed by atoms with E-state index >= 15 is 0 Å². The minimum absolute atomic E-state index is 0.0367. The van der Waals surface area contributed by atoms with Crippen LogP contribution in [0.1, 0.15) is 50.5 Å². The van der Waals surface area contributed by atoms with Crippen LogP contribution < -0.4 is 5.32 Å². The zero-order chi connectivity index (χ0) is 17.6. The smallest absolute Gasteiger partial charge is 0.225 e. The van der Waals surface area contributed by atoms with E-state index in [0.717, 1.165) is 36.9 Å². The molecule has 1 aliphatic rings. The van der Waals surface area contributed by atoms with Gasteiger partial charge in [-0.25, -0.2) is 8.42 Å². The number of carbonyl (C=O) groups excluding carboxylic acids is 1. The Morgan fingerprint density at radius 1 is 1.12 bits per heavy atom. The fraction of sp³-hybridized carbons (Fsp3) is 0.611. The Morgan fingerprint density at radius 2 is 1.71 bits per heavy atom. The first-order chi connectivity index (χ1) is 11.4. The van der Waals surface area contributed by atoms with E-state index in [-0.39, 0.29) is 24.9 Å². The predicted molar refractivity (Wildman–Crippen MR) is 97.5 cm³/mol. The summed E-state index contributed by atoms with van der Waals surface area (Å²) in [6.45, 7) is 2.24. The number of nitrogens with zero attached hydrogens (tertiary/aromatic N) is 1. The number of benzene rings is 1. The van der Waals surface area contributed by atoms with Crippen LogP contribution in [-0.2, 0) is 14.8 Å². The van der Waals surface area contributed by atoms with Gasteiger partial charge in [0.1, 0.15) is 0 Å². The molecule has 0 aromatic heterocycles. The third-order valence-corrected chi connectivity index (χ3v) is 5.89. The Labute approximate surface area is 145 Å². The molecule has 0 saturated heterocycles. The van der Waals surface area contributed by atoms with E-state index in [1.54, 1.807) is 0 Å². The summed E-state index contributed by atoms with van der Waals surface area (Å²) in [5.41, 5.74) is 1.87. The number of aryl methyl sites for hydroxylation is 1.